The number of nitrogens with one attached hydrogen (secondary N) is 2. The zero-order valence-corrected chi connectivity index (χ0v) is 14.8. The van der Waals surface area contributed by atoms with Crippen molar-refractivity contribution in [3.63, 3.8) is 0 Å². The molecule has 0 aliphatic rings. The fraction of sp³-hybridized carbons (Fsp3) is 0.538. The molecule has 0 radical (unpaired) electrons. The summed E-state index contributed by atoms with van der Waals surface area (Å²) >= 11 is 0. The van der Waals surface area contributed by atoms with E-state index in [1.165, 1.54) is 25.4 Å². The van der Waals surface area contributed by atoms with Crippen molar-refractivity contribution in [2.75, 3.05) is 38.7 Å². The zero-order chi connectivity index (χ0) is 17.3. The van der Waals surface area contributed by atoms with Gasteiger partial charge in [0, 0.05) is 19.7 Å². The third kappa shape index (κ3) is 10.3. The van der Waals surface area contributed by atoms with Gasteiger partial charge in [-0.05, 0) is 6.07 Å². The monoisotopic (exact) mass is 411 g/mol. The van der Waals surface area contributed by atoms with E-state index in [-0.39, 0.29) is 43.1 Å². The zero-order valence-electron chi connectivity index (χ0n) is 13.1. The van der Waals surface area contributed by atoms with E-state index in [9.17, 15) is 22.4 Å². The Morgan fingerprint density at radius 2 is 2.00 bits per heavy atom. The number of alkyl halides is 4. The van der Waals surface area contributed by atoms with Crippen molar-refractivity contribution in [1.82, 2.24) is 10.3 Å². The lowest BCUT2D eigenvalue weighted by atomic mass is 10.4. The number of carbonyl (C=O) groups is 1. The lowest BCUT2D eigenvalue weighted by Gasteiger charge is -2.15. The van der Waals surface area contributed by atoms with Gasteiger partial charge in [-0.25, -0.2) is 13.8 Å². The highest BCUT2D eigenvalue weighted by Gasteiger charge is 2.41. The average molecular weight is 412 g/mol. The van der Waals surface area contributed by atoms with Crippen LogP contribution in [-0.2, 0) is 9.53 Å². The summed E-state index contributed by atoms with van der Waals surface area (Å²) in [6.07, 6.45) is -2.64. The predicted octanol–water partition coefficient (Wildman–Crippen LogP) is 2.38. The highest BCUT2D eigenvalue weighted by molar-refractivity contribution is 5.92. The second-order valence-electron chi connectivity index (χ2n) is 4.45. The molecule has 0 saturated heterocycles. The highest BCUT2D eigenvalue weighted by Crippen LogP contribution is 2.23. The minimum absolute atomic E-state index is 0. The minimum atomic E-state index is -4.25. The summed E-state index contributed by atoms with van der Waals surface area (Å²) in [5, 5.41) is 5.34. The SMILES string of the molecule is COCCNCC(=O)Nc1ccc(OCC(F)(F)C(F)F)nc1.Cl.Cl. The predicted molar refractivity (Wildman–Crippen MR) is 88.6 cm³/mol. The molecule has 0 unspecified atom stereocenters. The van der Waals surface area contributed by atoms with E-state index >= 15 is 0 Å². The van der Waals surface area contributed by atoms with Crippen LogP contribution in [0.25, 0.3) is 0 Å². The maximum Gasteiger partial charge on any atom is 0.340 e. The Balaban J connectivity index is 0. The topological polar surface area (TPSA) is 72.5 Å². The molecule has 0 spiro atoms. The molecule has 12 heteroatoms. The Kier molecular flexibility index (Phi) is 13.4. The second-order valence-corrected chi connectivity index (χ2v) is 4.45. The number of methoxy groups -OCH3 is 1. The van der Waals surface area contributed by atoms with E-state index in [4.69, 9.17) is 4.74 Å². The second kappa shape index (κ2) is 12.9. The molecule has 2 N–H and O–H groups in total. The molecular formula is C13H19Cl2F4N3O3. The van der Waals surface area contributed by atoms with E-state index in [0.29, 0.717) is 18.8 Å². The first-order chi connectivity index (χ1) is 10.8. The molecule has 0 bridgehead atoms. The van der Waals surface area contributed by atoms with Crippen LogP contribution in [0.5, 0.6) is 5.88 Å². The molecule has 0 saturated carbocycles. The van der Waals surface area contributed by atoms with Crippen molar-refractivity contribution in [2.45, 2.75) is 12.3 Å². The van der Waals surface area contributed by atoms with Gasteiger partial charge in [-0.15, -0.1) is 24.8 Å². The van der Waals surface area contributed by atoms with Gasteiger partial charge >= 0.3 is 12.3 Å². The van der Waals surface area contributed by atoms with Gasteiger partial charge in [0.25, 0.3) is 0 Å². The van der Waals surface area contributed by atoms with Crippen LogP contribution < -0.4 is 15.4 Å². The quantitative estimate of drug-likeness (QED) is 0.456. The standard InChI is InChI=1S/C13H17F4N3O3.2ClH/c1-22-5-4-18-7-10(21)20-9-2-3-11(19-6-9)23-8-13(16,17)12(14)15;;/h2-3,6,12,18H,4-5,7-8H2,1H3,(H,20,21);2*1H. The number of ether oxygens (including phenoxy) is 2. The summed E-state index contributed by atoms with van der Waals surface area (Å²) in [6.45, 7) is -0.452. The Hall–Kier alpha value is -1.36. The molecular weight excluding hydrogens is 393 g/mol. The van der Waals surface area contributed by atoms with Crippen LogP contribution in [0.4, 0.5) is 23.2 Å². The summed E-state index contributed by atoms with van der Waals surface area (Å²) in [6, 6.07) is 2.55. The van der Waals surface area contributed by atoms with Gasteiger partial charge in [-0.1, -0.05) is 0 Å². The Morgan fingerprint density at radius 3 is 2.52 bits per heavy atom. The molecule has 1 amide bonds. The van der Waals surface area contributed by atoms with Crippen LogP contribution in [0.1, 0.15) is 0 Å². The van der Waals surface area contributed by atoms with Crippen LogP contribution in [0, 0.1) is 0 Å². The van der Waals surface area contributed by atoms with E-state index in [0.717, 1.165) is 0 Å². The number of hydrogen-bond acceptors (Lipinski definition) is 5. The highest BCUT2D eigenvalue weighted by atomic mass is 35.5. The number of aromatic nitrogens is 1. The number of halogens is 6. The number of rotatable bonds is 10. The molecule has 0 aliphatic carbocycles. The van der Waals surface area contributed by atoms with Gasteiger partial charge in [0.05, 0.1) is 25.0 Å². The van der Waals surface area contributed by atoms with Crippen LogP contribution in [0.15, 0.2) is 18.3 Å². The molecule has 146 valence electrons. The average Bonchev–Trinajstić information content (AvgIpc) is 2.51. The fourth-order valence-electron chi connectivity index (χ4n) is 1.35. The van der Waals surface area contributed by atoms with Gasteiger partial charge < -0.3 is 20.1 Å². The van der Waals surface area contributed by atoms with Crippen LogP contribution in [-0.4, -0.2) is 56.7 Å². The van der Waals surface area contributed by atoms with Gasteiger partial charge in [-0.2, -0.15) is 8.78 Å². The summed E-state index contributed by atoms with van der Waals surface area (Å²) in [7, 11) is 1.54. The molecule has 0 atom stereocenters. The van der Waals surface area contributed by atoms with Gasteiger partial charge in [-0.3, -0.25) is 4.79 Å². The van der Waals surface area contributed by atoms with Gasteiger partial charge in [0.15, 0.2) is 6.61 Å². The van der Waals surface area contributed by atoms with E-state index in [2.05, 4.69) is 20.4 Å². The molecule has 0 aliphatic heterocycles. The first kappa shape index (κ1) is 25.9. The minimum Gasteiger partial charge on any atom is -0.471 e. The molecule has 0 fully saturated rings. The molecule has 1 rings (SSSR count). The van der Waals surface area contributed by atoms with Crippen LogP contribution in [0.3, 0.4) is 0 Å². The Labute approximate surface area is 154 Å². The normalized spacial score (nSPS) is 10.6. The molecule has 1 heterocycles. The number of pyridine rings is 1. The van der Waals surface area contributed by atoms with E-state index < -0.39 is 19.0 Å². The number of anilines is 1. The summed E-state index contributed by atoms with van der Waals surface area (Å²) in [5.41, 5.74) is 0.316. The first-order valence-electron chi connectivity index (χ1n) is 6.59. The third-order valence-corrected chi connectivity index (χ3v) is 2.52. The fourth-order valence-corrected chi connectivity index (χ4v) is 1.35. The molecule has 0 aromatic carbocycles. The summed E-state index contributed by atoms with van der Waals surface area (Å²) < 4.78 is 58.6. The molecule has 1 aromatic rings. The third-order valence-electron chi connectivity index (χ3n) is 2.52. The Bertz CT molecular complexity index is 496. The molecule has 25 heavy (non-hydrogen) atoms. The van der Waals surface area contributed by atoms with Crippen molar-refractivity contribution in [2.24, 2.45) is 0 Å². The maximum absolute atomic E-state index is 12.7. The molecule has 6 nitrogen and oxygen atoms in total. The summed E-state index contributed by atoms with van der Waals surface area (Å²) in [5.74, 6) is -4.83. The smallest absolute Gasteiger partial charge is 0.340 e. The Morgan fingerprint density at radius 1 is 1.32 bits per heavy atom. The largest absolute Gasteiger partial charge is 0.471 e. The van der Waals surface area contributed by atoms with Crippen LogP contribution in [0.2, 0.25) is 0 Å². The van der Waals surface area contributed by atoms with Crippen molar-refractivity contribution in [3.05, 3.63) is 18.3 Å². The van der Waals surface area contributed by atoms with Crippen molar-refractivity contribution >= 4 is 36.4 Å². The first-order valence-corrected chi connectivity index (χ1v) is 6.59. The number of nitrogens with zero attached hydrogens (tertiary/aromatic N) is 1. The van der Waals surface area contributed by atoms with Crippen molar-refractivity contribution < 1.29 is 31.8 Å². The number of amides is 1. The van der Waals surface area contributed by atoms with Crippen molar-refractivity contribution in [3.8, 4) is 5.88 Å². The number of carbonyl (C=O) groups excluding carboxylic acids is 1. The lowest BCUT2D eigenvalue weighted by molar-refractivity contribution is -0.148. The van der Waals surface area contributed by atoms with Gasteiger partial charge in [0.2, 0.25) is 11.8 Å². The van der Waals surface area contributed by atoms with E-state index in [1.807, 2.05) is 0 Å². The van der Waals surface area contributed by atoms with Crippen LogP contribution >= 0.6 is 24.8 Å². The van der Waals surface area contributed by atoms with Crippen molar-refractivity contribution in [1.29, 1.82) is 0 Å². The maximum atomic E-state index is 12.7. The lowest BCUT2D eigenvalue weighted by Crippen LogP contribution is -2.33. The van der Waals surface area contributed by atoms with Gasteiger partial charge in [0.1, 0.15) is 0 Å². The molecule has 1 aromatic heterocycles. The number of hydrogen-bond donors (Lipinski definition) is 2. The summed E-state index contributed by atoms with van der Waals surface area (Å²) in [4.78, 5) is 15.2. The van der Waals surface area contributed by atoms with E-state index in [1.54, 1.807) is 0 Å².